The van der Waals surface area contributed by atoms with E-state index in [0.29, 0.717) is 5.56 Å². The monoisotopic (exact) mass is 332 g/mol. The molecule has 7 nitrogen and oxygen atoms in total. The summed E-state index contributed by atoms with van der Waals surface area (Å²) in [5.74, 6) is -1.12. The van der Waals surface area contributed by atoms with Crippen LogP contribution in [0.4, 0.5) is 0 Å². The minimum Gasteiger partial charge on any atom is -0.504 e. The summed E-state index contributed by atoms with van der Waals surface area (Å²) in [6.45, 7) is 2.80. The van der Waals surface area contributed by atoms with Crippen LogP contribution in [-0.2, 0) is 16.1 Å². The maximum atomic E-state index is 12.2. The molecule has 0 aliphatic carbocycles. The summed E-state index contributed by atoms with van der Waals surface area (Å²) in [4.78, 5) is 23.9. The number of hydrogen-bond acceptors (Lipinski definition) is 7. The summed E-state index contributed by atoms with van der Waals surface area (Å²) < 4.78 is 10.7. The number of ketones is 1. The molecule has 3 rings (SSSR count). The summed E-state index contributed by atoms with van der Waals surface area (Å²) in [5, 5.41) is 29.7. The van der Waals surface area contributed by atoms with Gasteiger partial charge < -0.3 is 24.5 Å². The van der Waals surface area contributed by atoms with Crippen molar-refractivity contribution in [3.05, 3.63) is 39.3 Å². The standard InChI is InChI=1S/C17H16O7/c1-7-3-9(19)4-13(23-7)11-5-10-12(6-18)8(2)14(20)15(21)16(10)24-17(11)22/h4-5,7,18,20-21H,3,6H2,1-2H3/t7-/m1/s1. The van der Waals surface area contributed by atoms with Gasteiger partial charge in [-0.2, -0.15) is 0 Å². The molecule has 2 aromatic rings. The van der Waals surface area contributed by atoms with Gasteiger partial charge in [0.05, 0.1) is 6.61 Å². The van der Waals surface area contributed by atoms with Crippen LogP contribution in [0.5, 0.6) is 11.5 Å². The molecule has 2 heterocycles. The predicted molar refractivity (Wildman–Crippen MR) is 84.6 cm³/mol. The van der Waals surface area contributed by atoms with Gasteiger partial charge in [-0.05, 0) is 25.5 Å². The highest BCUT2D eigenvalue weighted by atomic mass is 16.5. The van der Waals surface area contributed by atoms with Crippen molar-refractivity contribution in [2.24, 2.45) is 0 Å². The van der Waals surface area contributed by atoms with Gasteiger partial charge in [0.1, 0.15) is 17.4 Å². The first-order valence-corrected chi connectivity index (χ1v) is 7.37. The quantitative estimate of drug-likeness (QED) is 0.566. The average molecular weight is 332 g/mol. The average Bonchev–Trinajstić information content (AvgIpc) is 2.52. The first-order valence-electron chi connectivity index (χ1n) is 7.37. The van der Waals surface area contributed by atoms with E-state index in [-0.39, 0.29) is 46.2 Å². The largest absolute Gasteiger partial charge is 0.504 e. The van der Waals surface area contributed by atoms with Crippen molar-refractivity contribution in [2.75, 3.05) is 0 Å². The van der Waals surface area contributed by atoms with Gasteiger partial charge in [0.15, 0.2) is 17.1 Å². The van der Waals surface area contributed by atoms with Crippen LogP contribution in [0.15, 0.2) is 21.4 Å². The molecule has 0 bridgehead atoms. The number of phenolic OH excluding ortho intramolecular Hbond substituents is 2. The lowest BCUT2D eigenvalue weighted by atomic mass is 9.99. The van der Waals surface area contributed by atoms with E-state index in [0.717, 1.165) is 0 Å². The van der Waals surface area contributed by atoms with Crippen LogP contribution in [0, 0.1) is 6.92 Å². The van der Waals surface area contributed by atoms with Gasteiger partial charge in [0.2, 0.25) is 5.75 Å². The van der Waals surface area contributed by atoms with Gasteiger partial charge in [-0.15, -0.1) is 0 Å². The Morgan fingerprint density at radius 1 is 1.25 bits per heavy atom. The number of benzene rings is 1. The molecule has 1 aromatic carbocycles. The topological polar surface area (TPSA) is 117 Å². The van der Waals surface area contributed by atoms with Gasteiger partial charge in [0.25, 0.3) is 0 Å². The molecule has 0 saturated heterocycles. The fourth-order valence-corrected chi connectivity index (χ4v) is 2.80. The molecule has 1 aliphatic rings. The molecule has 3 N–H and O–H groups in total. The first kappa shape index (κ1) is 16.1. The molecular weight excluding hydrogens is 316 g/mol. The van der Waals surface area contributed by atoms with Gasteiger partial charge in [-0.3, -0.25) is 4.79 Å². The fraction of sp³-hybridized carbons (Fsp3) is 0.294. The second kappa shape index (κ2) is 5.68. The third-order valence-corrected chi connectivity index (χ3v) is 4.05. The van der Waals surface area contributed by atoms with Crippen molar-refractivity contribution < 1.29 is 29.3 Å². The zero-order valence-electron chi connectivity index (χ0n) is 13.1. The lowest BCUT2D eigenvalue weighted by Gasteiger charge is -2.20. The van der Waals surface area contributed by atoms with E-state index >= 15 is 0 Å². The van der Waals surface area contributed by atoms with E-state index < -0.39 is 23.7 Å². The lowest BCUT2D eigenvalue weighted by Crippen LogP contribution is -2.21. The third-order valence-electron chi connectivity index (χ3n) is 4.05. The van der Waals surface area contributed by atoms with Crippen molar-refractivity contribution in [3.8, 4) is 11.5 Å². The Labute approximate surface area is 136 Å². The van der Waals surface area contributed by atoms with E-state index in [9.17, 15) is 24.9 Å². The summed E-state index contributed by atoms with van der Waals surface area (Å²) in [7, 11) is 0. The molecule has 1 aromatic heterocycles. The number of fused-ring (bicyclic) bond motifs is 1. The Morgan fingerprint density at radius 3 is 2.58 bits per heavy atom. The number of carbonyl (C=O) groups excluding carboxylic acids is 1. The van der Waals surface area contributed by atoms with E-state index in [1.807, 2.05) is 0 Å². The molecule has 0 amide bonds. The Balaban J connectivity index is 2.33. The molecule has 0 spiro atoms. The summed E-state index contributed by atoms with van der Waals surface area (Å²) >= 11 is 0. The highest BCUT2D eigenvalue weighted by molar-refractivity contribution is 5.98. The van der Waals surface area contributed by atoms with E-state index in [1.165, 1.54) is 19.1 Å². The summed E-state index contributed by atoms with van der Waals surface area (Å²) in [6, 6.07) is 1.38. The van der Waals surface area contributed by atoms with Crippen LogP contribution in [-0.4, -0.2) is 27.2 Å². The highest BCUT2D eigenvalue weighted by Crippen LogP contribution is 2.40. The smallest absolute Gasteiger partial charge is 0.347 e. The maximum Gasteiger partial charge on any atom is 0.347 e. The van der Waals surface area contributed by atoms with Crippen molar-refractivity contribution >= 4 is 22.5 Å². The first-order chi connectivity index (χ1) is 11.3. The van der Waals surface area contributed by atoms with E-state index in [4.69, 9.17) is 9.15 Å². The number of aliphatic hydroxyl groups is 1. The Bertz CT molecular complexity index is 936. The number of ether oxygens (including phenoxy) is 1. The Morgan fingerprint density at radius 2 is 1.96 bits per heavy atom. The van der Waals surface area contributed by atoms with Gasteiger partial charge >= 0.3 is 5.63 Å². The fourth-order valence-electron chi connectivity index (χ4n) is 2.80. The molecule has 0 radical (unpaired) electrons. The number of allylic oxidation sites excluding steroid dienone is 1. The molecule has 0 unspecified atom stereocenters. The Kier molecular flexibility index (Phi) is 3.81. The molecule has 126 valence electrons. The molecule has 0 saturated carbocycles. The number of carbonyl (C=O) groups is 1. The van der Waals surface area contributed by atoms with Crippen LogP contribution in [0.1, 0.15) is 30.0 Å². The van der Waals surface area contributed by atoms with Crippen LogP contribution in [0.2, 0.25) is 0 Å². The third kappa shape index (κ3) is 2.43. The number of hydrogen-bond donors (Lipinski definition) is 3. The van der Waals surface area contributed by atoms with Gasteiger partial charge in [0, 0.05) is 23.4 Å². The summed E-state index contributed by atoms with van der Waals surface area (Å²) in [5.41, 5.74) is -0.460. The van der Waals surface area contributed by atoms with Crippen LogP contribution in [0.25, 0.3) is 16.7 Å². The molecule has 7 heteroatoms. The zero-order valence-corrected chi connectivity index (χ0v) is 13.1. The number of rotatable bonds is 2. The molecule has 24 heavy (non-hydrogen) atoms. The highest BCUT2D eigenvalue weighted by Gasteiger charge is 2.24. The number of aromatic hydroxyl groups is 2. The molecule has 0 fully saturated rings. The summed E-state index contributed by atoms with van der Waals surface area (Å²) in [6.07, 6.45) is 1.07. The van der Waals surface area contributed by atoms with Crippen molar-refractivity contribution in [2.45, 2.75) is 33.0 Å². The molecule has 1 atom stereocenters. The lowest BCUT2D eigenvalue weighted by molar-refractivity contribution is -0.117. The van der Waals surface area contributed by atoms with Crippen molar-refractivity contribution in [1.82, 2.24) is 0 Å². The van der Waals surface area contributed by atoms with E-state index in [2.05, 4.69) is 0 Å². The van der Waals surface area contributed by atoms with Crippen LogP contribution < -0.4 is 5.63 Å². The van der Waals surface area contributed by atoms with Crippen molar-refractivity contribution in [3.63, 3.8) is 0 Å². The minimum absolute atomic E-state index is 0.0154. The number of aliphatic hydroxyl groups excluding tert-OH is 1. The SMILES string of the molecule is Cc1c(O)c(O)c2oc(=O)c(C3=CC(=O)C[C@@H](C)O3)cc2c1CO. The second-order valence-electron chi connectivity index (χ2n) is 5.76. The zero-order chi connectivity index (χ0) is 17.6. The van der Waals surface area contributed by atoms with Gasteiger partial charge in [-0.25, -0.2) is 4.79 Å². The Hall–Kier alpha value is -2.80. The second-order valence-corrected chi connectivity index (χ2v) is 5.76. The van der Waals surface area contributed by atoms with Crippen molar-refractivity contribution in [1.29, 1.82) is 0 Å². The minimum atomic E-state index is -0.821. The number of phenols is 2. The van der Waals surface area contributed by atoms with Crippen LogP contribution in [0.3, 0.4) is 0 Å². The van der Waals surface area contributed by atoms with Gasteiger partial charge in [-0.1, -0.05) is 0 Å². The van der Waals surface area contributed by atoms with E-state index in [1.54, 1.807) is 6.92 Å². The van der Waals surface area contributed by atoms with Crippen LogP contribution >= 0.6 is 0 Å². The normalized spacial score (nSPS) is 17.7. The molecular formula is C17H16O7. The molecule has 1 aliphatic heterocycles. The predicted octanol–water partition coefficient (Wildman–Crippen LogP) is 1.72. The maximum absolute atomic E-state index is 12.2.